The van der Waals surface area contributed by atoms with Gasteiger partial charge in [-0.1, -0.05) is 48.5 Å². The molecule has 1 atom stereocenters. The van der Waals surface area contributed by atoms with Gasteiger partial charge in [-0.2, -0.15) is 0 Å². The Kier molecular flexibility index (Phi) is 4.49. The Hall–Kier alpha value is -1.92. The highest BCUT2D eigenvalue weighted by molar-refractivity contribution is 8.00. The molecule has 2 aromatic heterocycles. The van der Waals surface area contributed by atoms with E-state index in [9.17, 15) is 4.79 Å². The van der Waals surface area contributed by atoms with Gasteiger partial charge in [0.25, 0.3) is 0 Å². The first-order chi connectivity index (χ1) is 11.8. The maximum atomic E-state index is 12.2. The number of thiophene rings is 1. The molecule has 6 heteroatoms. The van der Waals surface area contributed by atoms with Crippen molar-refractivity contribution in [3.05, 3.63) is 42.7 Å². The topological polar surface area (TPSA) is 54.9 Å². The Morgan fingerprint density at radius 2 is 2.04 bits per heavy atom. The van der Waals surface area contributed by atoms with Gasteiger partial charge in [0.1, 0.15) is 16.2 Å². The summed E-state index contributed by atoms with van der Waals surface area (Å²) in [6.45, 7) is 0.783. The van der Waals surface area contributed by atoms with E-state index in [1.807, 2.05) is 18.2 Å². The SMILES string of the molecule is O=C1NCCCC[C@@H]1Sc1ncnc2sc(-c3ccccc3)cc12. The highest BCUT2D eigenvalue weighted by Crippen LogP contribution is 2.38. The third kappa shape index (κ3) is 3.16. The Balaban J connectivity index is 1.68. The van der Waals surface area contributed by atoms with Gasteiger partial charge < -0.3 is 5.32 Å². The lowest BCUT2D eigenvalue weighted by atomic mass is 10.2. The van der Waals surface area contributed by atoms with Gasteiger partial charge >= 0.3 is 0 Å². The zero-order valence-corrected chi connectivity index (χ0v) is 14.7. The molecule has 0 saturated carbocycles. The molecule has 1 aliphatic heterocycles. The van der Waals surface area contributed by atoms with E-state index in [-0.39, 0.29) is 11.2 Å². The van der Waals surface area contributed by atoms with Crippen LogP contribution in [-0.4, -0.2) is 27.7 Å². The van der Waals surface area contributed by atoms with Gasteiger partial charge in [-0.25, -0.2) is 9.97 Å². The summed E-state index contributed by atoms with van der Waals surface area (Å²) in [6, 6.07) is 12.4. The number of rotatable bonds is 3. The molecule has 4 rings (SSSR count). The standard InChI is InChI=1S/C18H17N3OS2/c22-16-14(8-4-5-9-19-16)23-17-13-10-15(12-6-2-1-3-7-12)24-18(13)21-11-20-17/h1-3,6-7,10-11,14H,4-5,8-9H2,(H,19,22)/t14-/m0/s1. The van der Waals surface area contributed by atoms with E-state index < -0.39 is 0 Å². The molecule has 0 spiro atoms. The summed E-state index contributed by atoms with van der Waals surface area (Å²) in [5.74, 6) is 0.128. The lowest BCUT2D eigenvalue weighted by Crippen LogP contribution is -2.30. The van der Waals surface area contributed by atoms with Crippen LogP contribution in [0.3, 0.4) is 0 Å². The van der Waals surface area contributed by atoms with Gasteiger partial charge in [-0.3, -0.25) is 4.79 Å². The molecule has 0 radical (unpaired) electrons. The van der Waals surface area contributed by atoms with Crippen molar-refractivity contribution in [3.8, 4) is 10.4 Å². The number of carbonyl (C=O) groups is 1. The predicted molar refractivity (Wildman–Crippen MR) is 99.4 cm³/mol. The summed E-state index contributed by atoms with van der Waals surface area (Å²) in [6.07, 6.45) is 4.63. The van der Waals surface area contributed by atoms with Gasteiger partial charge in [-0.15, -0.1) is 11.3 Å². The van der Waals surface area contributed by atoms with Crippen molar-refractivity contribution in [1.29, 1.82) is 0 Å². The second-order valence-electron chi connectivity index (χ2n) is 5.77. The van der Waals surface area contributed by atoms with Crippen molar-refractivity contribution in [2.45, 2.75) is 29.5 Å². The maximum absolute atomic E-state index is 12.2. The van der Waals surface area contributed by atoms with E-state index in [4.69, 9.17) is 0 Å². The van der Waals surface area contributed by atoms with Crippen LogP contribution in [0, 0.1) is 0 Å². The Labute approximate surface area is 148 Å². The highest BCUT2D eigenvalue weighted by atomic mass is 32.2. The lowest BCUT2D eigenvalue weighted by Gasteiger charge is -2.12. The van der Waals surface area contributed by atoms with Crippen molar-refractivity contribution < 1.29 is 4.79 Å². The number of amides is 1. The predicted octanol–water partition coefficient (Wildman–Crippen LogP) is 4.12. The number of hydrogen-bond donors (Lipinski definition) is 1. The number of benzene rings is 1. The average Bonchev–Trinajstić information content (AvgIpc) is 2.96. The van der Waals surface area contributed by atoms with E-state index in [0.29, 0.717) is 0 Å². The van der Waals surface area contributed by atoms with E-state index in [1.54, 1.807) is 29.4 Å². The van der Waals surface area contributed by atoms with Crippen LogP contribution in [0.5, 0.6) is 0 Å². The number of aromatic nitrogens is 2. The van der Waals surface area contributed by atoms with Crippen molar-refractivity contribution in [2.75, 3.05) is 6.54 Å². The van der Waals surface area contributed by atoms with Crippen molar-refractivity contribution in [3.63, 3.8) is 0 Å². The number of fused-ring (bicyclic) bond motifs is 1. The molecule has 3 aromatic rings. The van der Waals surface area contributed by atoms with E-state index >= 15 is 0 Å². The molecule has 24 heavy (non-hydrogen) atoms. The number of hydrogen-bond acceptors (Lipinski definition) is 5. The molecule has 1 saturated heterocycles. The van der Waals surface area contributed by atoms with Gasteiger partial charge in [0.15, 0.2) is 0 Å². The fourth-order valence-electron chi connectivity index (χ4n) is 2.83. The van der Waals surface area contributed by atoms with Crippen LogP contribution in [0.25, 0.3) is 20.7 Å². The van der Waals surface area contributed by atoms with Gasteiger partial charge in [0, 0.05) is 16.8 Å². The second kappa shape index (κ2) is 6.91. The summed E-state index contributed by atoms with van der Waals surface area (Å²) in [5.41, 5.74) is 1.18. The third-order valence-electron chi connectivity index (χ3n) is 4.09. The maximum Gasteiger partial charge on any atom is 0.233 e. The van der Waals surface area contributed by atoms with Crippen LogP contribution in [0.1, 0.15) is 19.3 Å². The largest absolute Gasteiger partial charge is 0.355 e. The van der Waals surface area contributed by atoms with Crippen LogP contribution >= 0.6 is 23.1 Å². The van der Waals surface area contributed by atoms with E-state index in [2.05, 4.69) is 33.5 Å². The lowest BCUT2D eigenvalue weighted by molar-refractivity contribution is -0.120. The number of thioether (sulfide) groups is 1. The average molecular weight is 355 g/mol. The Morgan fingerprint density at radius 3 is 2.92 bits per heavy atom. The molecule has 1 amide bonds. The molecule has 3 heterocycles. The highest BCUT2D eigenvalue weighted by Gasteiger charge is 2.23. The summed E-state index contributed by atoms with van der Waals surface area (Å²) in [4.78, 5) is 23.2. The van der Waals surface area contributed by atoms with Crippen molar-refractivity contribution in [2.24, 2.45) is 0 Å². The minimum absolute atomic E-state index is 0.0642. The minimum atomic E-state index is -0.0642. The van der Waals surface area contributed by atoms with Gasteiger partial charge in [0.05, 0.1) is 5.25 Å². The van der Waals surface area contributed by atoms with Gasteiger partial charge in [0.2, 0.25) is 5.91 Å². The van der Waals surface area contributed by atoms with Crippen LogP contribution in [0.2, 0.25) is 0 Å². The van der Waals surface area contributed by atoms with Crippen LogP contribution in [-0.2, 0) is 4.79 Å². The molecule has 0 aliphatic carbocycles. The van der Waals surface area contributed by atoms with Crippen LogP contribution in [0.15, 0.2) is 47.8 Å². The zero-order valence-electron chi connectivity index (χ0n) is 13.1. The quantitative estimate of drug-likeness (QED) is 0.718. The second-order valence-corrected chi connectivity index (χ2v) is 7.99. The Morgan fingerprint density at radius 1 is 1.17 bits per heavy atom. The molecule has 1 aliphatic rings. The smallest absolute Gasteiger partial charge is 0.233 e. The van der Waals surface area contributed by atoms with Crippen LogP contribution in [0.4, 0.5) is 0 Å². The summed E-state index contributed by atoms with van der Waals surface area (Å²) >= 11 is 3.23. The number of nitrogens with one attached hydrogen (secondary N) is 1. The molecule has 1 N–H and O–H groups in total. The third-order valence-corrected chi connectivity index (χ3v) is 6.46. The zero-order chi connectivity index (χ0) is 16.4. The van der Waals surface area contributed by atoms with Crippen molar-refractivity contribution >= 4 is 39.2 Å². The number of nitrogens with zero attached hydrogens (tertiary/aromatic N) is 2. The molecular formula is C18H17N3OS2. The molecule has 0 bridgehead atoms. The summed E-state index contributed by atoms with van der Waals surface area (Å²) < 4.78 is 0. The molecule has 1 aromatic carbocycles. The van der Waals surface area contributed by atoms with Crippen LogP contribution < -0.4 is 5.32 Å². The fourth-order valence-corrected chi connectivity index (χ4v) is 5.03. The van der Waals surface area contributed by atoms with Gasteiger partial charge in [-0.05, 0) is 24.5 Å². The van der Waals surface area contributed by atoms with Crippen molar-refractivity contribution in [1.82, 2.24) is 15.3 Å². The monoisotopic (exact) mass is 355 g/mol. The molecule has 4 nitrogen and oxygen atoms in total. The number of carbonyl (C=O) groups excluding carboxylic acids is 1. The normalized spacial score (nSPS) is 18.3. The first kappa shape index (κ1) is 15.6. The first-order valence-corrected chi connectivity index (χ1v) is 9.75. The first-order valence-electron chi connectivity index (χ1n) is 8.05. The summed E-state index contributed by atoms with van der Waals surface area (Å²) in [7, 11) is 0. The van der Waals surface area contributed by atoms with E-state index in [0.717, 1.165) is 41.0 Å². The molecular weight excluding hydrogens is 338 g/mol. The Bertz CT molecular complexity index is 863. The minimum Gasteiger partial charge on any atom is -0.355 e. The fraction of sp³-hybridized carbons (Fsp3) is 0.278. The summed E-state index contributed by atoms with van der Waals surface area (Å²) in [5, 5.41) is 4.88. The molecule has 122 valence electrons. The van der Waals surface area contributed by atoms with E-state index in [1.165, 1.54) is 10.4 Å². The molecule has 1 fully saturated rings. The molecule has 0 unspecified atom stereocenters.